The molecule has 4 heterocycles. The molecular formula is C27H29N7O5. The maximum atomic E-state index is 13.4. The zero-order valence-electron chi connectivity index (χ0n) is 21.7. The lowest BCUT2D eigenvalue weighted by molar-refractivity contribution is 0.0718. The van der Waals surface area contributed by atoms with Crippen molar-refractivity contribution >= 4 is 35.6 Å². The Hall–Kier alpha value is -4.30. The molecule has 0 bridgehead atoms. The molecule has 0 aromatic carbocycles. The number of aromatic nitrogens is 2. The molecule has 12 nitrogen and oxygen atoms in total. The van der Waals surface area contributed by atoms with E-state index in [1.807, 2.05) is 16.9 Å². The number of morpholine rings is 1. The fourth-order valence-corrected chi connectivity index (χ4v) is 4.94. The normalized spacial score (nSPS) is 17.5. The van der Waals surface area contributed by atoms with Crippen LogP contribution in [-0.4, -0.2) is 78.7 Å². The molecule has 12 heteroatoms. The van der Waals surface area contributed by atoms with Crippen LogP contribution in [0.5, 0.6) is 0 Å². The monoisotopic (exact) mass is 531 g/mol. The summed E-state index contributed by atoms with van der Waals surface area (Å²) in [6, 6.07) is 5.23. The first-order chi connectivity index (χ1) is 19.0. The van der Waals surface area contributed by atoms with Gasteiger partial charge in [0.05, 0.1) is 36.6 Å². The number of fused-ring (bicyclic) bond motifs is 1. The van der Waals surface area contributed by atoms with Crippen LogP contribution in [0.2, 0.25) is 0 Å². The molecule has 39 heavy (non-hydrogen) atoms. The van der Waals surface area contributed by atoms with Crippen molar-refractivity contribution in [3.05, 3.63) is 46.4 Å². The number of rotatable bonds is 8. The largest absolute Gasteiger partial charge is 0.382 e. The smallest absolute Gasteiger partial charge is 0.328 e. The third-order valence-corrected chi connectivity index (χ3v) is 7.17. The van der Waals surface area contributed by atoms with E-state index in [1.165, 1.54) is 11.1 Å². The lowest BCUT2D eigenvalue weighted by Crippen LogP contribution is -2.40. The van der Waals surface area contributed by atoms with Crippen molar-refractivity contribution in [2.45, 2.75) is 37.8 Å². The van der Waals surface area contributed by atoms with Crippen LogP contribution in [0.1, 0.15) is 46.4 Å². The van der Waals surface area contributed by atoms with Crippen molar-refractivity contribution in [1.82, 2.24) is 14.9 Å². The van der Waals surface area contributed by atoms with E-state index >= 15 is 0 Å². The lowest BCUT2D eigenvalue weighted by atomic mass is 10.0. The molecule has 0 unspecified atom stereocenters. The van der Waals surface area contributed by atoms with E-state index in [1.54, 1.807) is 13.2 Å². The Morgan fingerprint density at radius 3 is 2.90 bits per heavy atom. The number of urea groups is 1. The minimum absolute atomic E-state index is 0.181. The number of hydrogen-bond acceptors (Lipinski definition) is 10. The highest BCUT2D eigenvalue weighted by Crippen LogP contribution is 2.40. The van der Waals surface area contributed by atoms with E-state index in [0.717, 1.165) is 18.4 Å². The summed E-state index contributed by atoms with van der Waals surface area (Å²) in [5, 5.41) is 15.7. The molecule has 0 atom stereocenters. The van der Waals surface area contributed by atoms with Gasteiger partial charge in [-0.2, -0.15) is 5.26 Å². The standard InChI is InChI=1S/C27H29N7O5/c1-38-17-27(4-5-27)32-22-10-24(29-12-20(22)11-28)31-26(37)34-6-2-3-18-9-19(23(15-36)30-25(18)34)13-33-7-8-39-16-21(33)14-35/h9-10,12,15H,2-8,13,16-17H2,1H3,(H2,29,31,32,37). The number of methoxy groups -OCH3 is 1. The van der Waals surface area contributed by atoms with Gasteiger partial charge in [-0.3, -0.25) is 15.0 Å². The van der Waals surface area contributed by atoms with Crippen molar-refractivity contribution in [3.8, 4) is 6.07 Å². The number of carbonyl (C=O) groups is 2. The Balaban J connectivity index is 1.36. The first kappa shape index (κ1) is 26.3. The van der Waals surface area contributed by atoms with Crippen LogP contribution in [0.25, 0.3) is 0 Å². The maximum Gasteiger partial charge on any atom is 0.328 e. The summed E-state index contributed by atoms with van der Waals surface area (Å²) in [5.41, 5.74) is 2.86. The highest BCUT2D eigenvalue weighted by atomic mass is 16.5. The molecule has 1 aliphatic carbocycles. The van der Waals surface area contributed by atoms with Crippen molar-refractivity contribution in [2.24, 2.45) is 0 Å². The quantitative estimate of drug-likeness (QED) is 0.384. The predicted octanol–water partition coefficient (Wildman–Crippen LogP) is 2.28. The fraction of sp³-hybridized carbons (Fsp3) is 0.444. The summed E-state index contributed by atoms with van der Waals surface area (Å²) in [6.45, 7) is 2.42. The number of ether oxygens (including phenoxy) is 2. The number of aldehydes is 1. The molecule has 2 fully saturated rings. The van der Waals surface area contributed by atoms with Gasteiger partial charge < -0.3 is 19.7 Å². The van der Waals surface area contributed by atoms with Gasteiger partial charge in [0.15, 0.2) is 6.29 Å². The molecule has 2 N–H and O–H groups in total. The van der Waals surface area contributed by atoms with Crippen LogP contribution >= 0.6 is 0 Å². The number of hydrogen-bond donors (Lipinski definition) is 2. The van der Waals surface area contributed by atoms with Crippen molar-refractivity contribution in [2.75, 3.05) is 55.6 Å². The summed E-state index contributed by atoms with van der Waals surface area (Å²) in [7, 11) is 1.64. The number of nitriles is 1. The molecule has 1 saturated carbocycles. The number of pyridine rings is 2. The summed E-state index contributed by atoms with van der Waals surface area (Å²) in [5.74, 6) is 2.62. The van der Waals surface area contributed by atoms with Gasteiger partial charge in [0, 0.05) is 44.6 Å². The molecule has 3 aliphatic rings. The van der Waals surface area contributed by atoms with Crippen molar-refractivity contribution in [1.29, 1.82) is 5.26 Å². The Bertz CT molecular complexity index is 1380. The molecular weight excluding hydrogens is 502 g/mol. The topological polar surface area (TPSA) is 150 Å². The number of aryl methyl sites for hydroxylation is 1. The minimum Gasteiger partial charge on any atom is -0.382 e. The number of nitrogens with zero attached hydrogens (tertiary/aromatic N) is 5. The van der Waals surface area contributed by atoms with Crippen molar-refractivity contribution in [3.63, 3.8) is 0 Å². The highest BCUT2D eigenvalue weighted by Gasteiger charge is 2.43. The van der Waals surface area contributed by atoms with E-state index in [0.29, 0.717) is 80.3 Å². The van der Waals surface area contributed by atoms with Gasteiger partial charge in [-0.15, -0.1) is 0 Å². The van der Waals surface area contributed by atoms with Crippen LogP contribution in [0.3, 0.4) is 0 Å². The van der Waals surface area contributed by atoms with Gasteiger partial charge in [-0.05, 0) is 37.3 Å². The van der Waals surface area contributed by atoms with E-state index < -0.39 is 6.03 Å². The van der Waals surface area contributed by atoms with Gasteiger partial charge in [0.25, 0.3) is 0 Å². The molecule has 2 aliphatic heterocycles. The third kappa shape index (κ3) is 5.61. The molecule has 2 aromatic heterocycles. The van der Waals surface area contributed by atoms with E-state index in [-0.39, 0.29) is 23.7 Å². The first-order valence-electron chi connectivity index (χ1n) is 12.8. The van der Waals surface area contributed by atoms with E-state index in [4.69, 9.17) is 9.47 Å². The Kier molecular flexibility index (Phi) is 7.56. The van der Waals surface area contributed by atoms with E-state index in [2.05, 4.69) is 26.7 Å². The van der Waals surface area contributed by atoms with E-state index in [9.17, 15) is 19.6 Å². The molecule has 202 valence electrons. The van der Waals surface area contributed by atoms with Crippen LogP contribution in [-0.2, 0) is 27.2 Å². The molecule has 5 rings (SSSR count). The third-order valence-electron chi connectivity index (χ3n) is 7.17. The van der Waals surface area contributed by atoms with Crippen molar-refractivity contribution < 1.29 is 23.9 Å². The zero-order valence-corrected chi connectivity index (χ0v) is 21.7. The number of anilines is 3. The second-order valence-corrected chi connectivity index (χ2v) is 9.91. The van der Waals surface area contributed by atoms with Gasteiger partial charge in [0.2, 0.25) is 0 Å². The summed E-state index contributed by atoms with van der Waals surface area (Å²) in [6.07, 6.45) is 5.35. The summed E-state index contributed by atoms with van der Waals surface area (Å²) >= 11 is 0. The zero-order chi connectivity index (χ0) is 27.4. The van der Waals surface area contributed by atoms with Crippen LogP contribution in [0.4, 0.5) is 22.1 Å². The minimum atomic E-state index is -0.436. The van der Waals surface area contributed by atoms with Gasteiger partial charge >= 0.3 is 6.03 Å². The number of amides is 2. The first-order valence-corrected chi connectivity index (χ1v) is 12.8. The van der Waals surface area contributed by atoms with Gasteiger partial charge in [-0.1, -0.05) is 0 Å². The summed E-state index contributed by atoms with van der Waals surface area (Å²) < 4.78 is 10.6. The molecule has 1 saturated heterocycles. The second-order valence-electron chi connectivity index (χ2n) is 9.91. The molecule has 0 spiro atoms. The fourth-order valence-electron chi connectivity index (χ4n) is 4.94. The average molecular weight is 532 g/mol. The van der Waals surface area contributed by atoms with Gasteiger partial charge in [-0.25, -0.2) is 19.6 Å². The Morgan fingerprint density at radius 2 is 2.18 bits per heavy atom. The number of nitrogens with one attached hydrogen (secondary N) is 2. The van der Waals surface area contributed by atoms with Gasteiger partial charge in [0.1, 0.15) is 35.0 Å². The second kappa shape index (κ2) is 11.2. The molecule has 0 radical (unpaired) electrons. The molecule has 2 amide bonds. The Morgan fingerprint density at radius 1 is 1.33 bits per heavy atom. The highest BCUT2D eigenvalue weighted by molar-refractivity contribution is 6.01. The SMILES string of the molecule is COCC1(Nc2cc(NC(=O)N3CCCc4cc(CN5CCOCC5=C=O)c(C=O)nc43)ncc2C#N)CC1. The maximum absolute atomic E-state index is 13.4. The molecule has 2 aromatic rings. The lowest BCUT2D eigenvalue weighted by Gasteiger charge is -2.31. The van der Waals surface area contributed by atoms with Crippen LogP contribution in [0, 0.1) is 11.3 Å². The average Bonchev–Trinajstić information content (AvgIpc) is 3.71. The van der Waals surface area contributed by atoms with Crippen LogP contribution < -0.4 is 15.5 Å². The Labute approximate surface area is 225 Å². The summed E-state index contributed by atoms with van der Waals surface area (Å²) in [4.78, 5) is 48.8. The van der Waals surface area contributed by atoms with Crippen LogP contribution in [0.15, 0.2) is 24.0 Å². The predicted molar refractivity (Wildman–Crippen MR) is 141 cm³/mol. The number of carbonyl (C=O) groups excluding carboxylic acids is 3.